The third-order valence-corrected chi connectivity index (χ3v) is 5.14. The molecule has 3 aromatic rings. The highest BCUT2D eigenvalue weighted by Crippen LogP contribution is 2.39. The van der Waals surface area contributed by atoms with Gasteiger partial charge in [-0.1, -0.05) is 23.7 Å². The highest BCUT2D eigenvalue weighted by molar-refractivity contribution is 6.32. The van der Waals surface area contributed by atoms with E-state index in [1.54, 1.807) is 12.3 Å². The first kappa shape index (κ1) is 20.3. The summed E-state index contributed by atoms with van der Waals surface area (Å²) in [5, 5.41) is 12.4. The third kappa shape index (κ3) is 4.28. The topological polar surface area (TPSA) is 94.8 Å². The number of para-hydroxylation sites is 1. The van der Waals surface area contributed by atoms with E-state index < -0.39 is 11.7 Å². The van der Waals surface area contributed by atoms with E-state index in [1.807, 2.05) is 49.6 Å². The van der Waals surface area contributed by atoms with Crippen LogP contribution in [0.4, 0.5) is 4.79 Å². The van der Waals surface area contributed by atoms with E-state index in [0.717, 1.165) is 24.4 Å². The molecule has 0 unspecified atom stereocenters. The Morgan fingerprint density at radius 2 is 1.97 bits per heavy atom. The van der Waals surface area contributed by atoms with Crippen LogP contribution >= 0.6 is 11.6 Å². The van der Waals surface area contributed by atoms with E-state index in [0.29, 0.717) is 16.5 Å². The maximum Gasteiger partial charge on any atom is 0.407 e. The smallest absolute Gasteiger partial charge is 0.407 e. The Morgan fingerprint density at radius 1 is 1.20 bits per heavy atom. The largest absolute Gasteiger partial charge is 0.444 e. The molecule has 0 aliphatic heterocycles. The summed E-state index contributed by atoms with van der Waals surface area (Å²) in [5.74, 6) is 1.52. The van der Waals surface area contributed by atoms with Gasteiger partial charge in [0.2, 0.25) is 0 Å². The Balaban J connectivity index is 1.59. The van der Waals surface area contributed by atoms with E-state index in [-0.39, 0.29) is 12.0 Å². The van der Waals surface area contributed by atoms with Gasteiger partial charge in [-0.3, -0.25) is 4.57 Å². The van der Waals surface area contributed by atoms with Crippen molar-refractivity contribution in [2.45, 2.75) is 51.2 Å². The first-order chi connectivity index (χ1) is 14.3. The number of ether oxygens (including phenoxy) is 1. The molecular weight excluding hydrogens is 404 g/mol. The monoisotopic (exact) mass is 426 g/mol. The van der Waals surface area contributed by atoms with Crippen molar-refractivity contribution >= 4 is 17.7 Å². The van der Waals surface area contributed by atoms with Gasteiger partial charge in [-0.15, -0.1) is 10.2 Å². The van der Waals surface area contributed by atoms with Crippen LogP contribution in [0.1, 0.15) is 45.4 Å². The van der Waals surface area contributed by atoms with E-state index in [2.05, 4.69) is 25.5 Å². The molecule has 8 nitrogen and oxygen atoms in total. The molecule has 1 N–H and O–H groups in total. The van der Waals surface area contributed by atoms with Gasteiger partial charge in [0.05, 0.1) is 10.7 Å². The van der Waals surface area contributed by atoms with Gasteiger partial charge in [0.15, 0.2) is 5.82 Å². The molecule has 156 valence electrons. The van der Waals surface area contributed by atoms with Gasteiger partial charge in [0.25, 0.3) is 0 Å². The summed E-state index contributed by atoms with van der Waals surface area (Å²) in [5.41, 5.74) is 0.923. The zero-order chi connectivity index (χ0) is 21.3. The predicted octanol–water partition coefficient (Wildman–Crippen LogP) is 4.15. The van der Waals surface area contributed by atoms with Crippen molar-refractivity contribution in [3.8, 4) is 17.2 Å². The lowest BCUT2D eigenvalue weighted by Crippen LogP contribution is -2.45. The van der Waals surface area contributed by atoms with Crippen LogP contribution in [0.2, 0.25) is 5.02 Å². The normalized spacial score (nSPS) is 18.5. The maximum absolute atomic E-state index is 12.0. The van der Waals surface area contributed by atoms with Gasteiger partial charge in [-0.05, 0) is 51.8 Å². The first-order valence-electron chi connectivity index (χ1n) is 9.78. The number of alkyl carbamates (subject to hydrolysis) is 1. The molecule has 2 heterocycles. The number of hydrogen-bond acceptors (Lipinski definition) is 6. The second kappa shape index (κ2) is 8.02. The summed E-state index contributed by atoms with van der Waals surface area (Å²) in [6.45, 7) is 5.53. The second-order valence-corrected chi connectivity index (χ2v) is 8.68. The maximum atomic E-state index is 12.0. The average Bonchev–Trinajstić information content (AvgIpc) is 3.08. The lowest BCUT2D eigenvalue weighted by atomic mass is 9.79. The Bertz CT molecular complexity index is 1040. The van der Waals surface area contributed by atoms with Crippen molar-refractivity contribution in [1.82, 2.24) is 30.0 Å². The van der Waals surface area contributed by atoms with Crippen molar-refractivity contribution in [3.05, 3.63) is 53.7 Å². The molecule has 2 aromatic heterocycles. The number of halogens is 1. The molecule has 1 fully saturated rings. The SMILES string of the molecule is CC(C)(C)OC(=O)NC1CC(c2nnc(-c3ccncn3)n2-c2ccccc2Cl)C1. The van der Waals surface area contributed by atoms with Gasteiger partial charge >= 0.3 is 6.09 Å². The Hall–Kier alpha value is -3.00. The van der Waals surface area contributed by atoms with Crippen molar-refractivity contribution in [1.29, 1.82) is 0 Å². The van der Waals surface area contributed by atoms with Gasteiger partial charge in [-0.2, -0.15) is 0 Å². The van der Waals surface area contributed by atoms with Crippen LogP contribution in [0.3, 0.4) is 0 Å². The zero-order valence-corrected chi connectivity index (χ0v) is 17.8. The molecule has 1 aliphatic carbocycles. The summed E-state index contributed by atoms with van der Waals surface area (Å²) < 4.78 is 7.28. The number of aromatic nitrogens is 5. The van der Waals surface area contributed by atoms with Crippen molar-refractivity contribution in [2.75, 3.05) is 0 Å². The molecule has 0 saturated heterocycles. The fraction of sp³-hybridized carbons (Fsp3) is 0.381. The van der Waals surface area contributed by atoms with Crippen LogP contribution in [0.25, 0.3) is 17.2 Å². The summed E-state index contributed by atoms with van der Waals surface area (Å²) in [4.78, 5) is 20.3. The first-order valence-corrected chi connectivity index (χ1v) is 10.2. The van der Waals surface area contributed by atoms with Crippen LogP contribution in [0.15, 0.2) is 42.9 Å². The molecule has 1 amide bonds. The number of carbonyl (C=O) groups is 1. The fourth-order valence-electron chi connectivity index (χ4n) is 3.44. The number of hydrogen-bond donors (Lipinski definition) is 1. The lowest BCUT2D eigenvalue weighted by molar-refractivity contribution is 0.0469. The highest BCUT2D eigenvalue weighted by Gasteiger charge is 2.37. The van der Waals surface area contributed by atoms with Crippen molar-refractivity contribution < 1.29 is 9.53 Å². The van der Waals surface area contributed by atoms with Crippen LogP contribution in [-0.4, -0.2) is 42.5 Å². The number of nitrogens with zero attached hydrogens (tertiary/aromatic N) is 5. The zero-order valence-electron chi connectivity index (χ0n) is 17.0. The van der Waals surface area contributed by atoms with E-state index in [4.69, 9.17) is 16.3 Å². The summed E-state index contributed by atoms with van der Waals surface area (Å²) in [7, 11) is 0. The quantitative estimate of drug-likeness (QED) is 0.673. The number of nitrogens with one attached hydrogen (secondary N) is 1. The Morgan fingerprint density at radius 3 is 2.63 bits per heavy atom. The predicted molar refractivity (Wildman–Crippen MR) is 113 cm³/mol. The Kier molecular flexibility index (Phi) is 5.42. The summed E-state index contributed by atoms with van der Waals surface area (Å²) >= 11 is 6.49. The van der Waals surface area contributed by atoms with E-state index >= 15 is 0 Å². The minimum atomic E-state index is -0.524. The van der Waals surface area contributed by atoms with Gasteiger partial charge in [0, 0.05) is 18.2 Å². The van der Waals surface area contributed by atoms with Crippen LogP contribution in [0.5, 0.6) is 0 Å². The van der Waals surface area contributed by atoms with Crippen LogP contribution in [0, 0.1) is 0 Å². The molecule has 9 heteroatoms. The molecular formula is C21H23ClN6O2. The standard InChI is InChI=1S/C21H23ClN6O2/c1-21(2,3)30-20(29)25-14-10-13(11-14)18-26-27-19(16-8-9-23-12-24-16)28(18)17-7-5-4-6-15(17)22/h4-9,12-14H,10-11H2,1-3H3,(H,25,29). The molecule has 1 aliphatic rings. The molecule has 1 aromatic carbocycles. The van der Waals surface area contributed by atoms with Crippen molar-refractivity contribution in [2.24, 2.45) is 0 Å². The molecule has 1 saturated carbocycles. The third-order valence-electron chi connectivity index (χ3n) is 4.82. The van der Waals surface area contributed by atoms with E-state index in [1.165, 1.54) is 6.33 Å². The molecule has 0 atom stereocenters. The van der Waals surface area contributed by atoms with Gasteiger partial charge in [-0.25, -0.2) is 14.8 Å². The fourth-order valence-corrected chi connectivity index (χ4v) is 3.66. The number of carbonyl (C=O) groups excluding carboxylic acids is 1. The minimum absolute atomic E-state index is 0.0312. The molecule has 4 rings (SSSR count). The second-order valence-electron chi connectivity index (χ2n) is 8.27. The number of rotatable bonds is 4. The average molecular weight is 427 g/mol. The van der Waals surface area contributed by atoms with Gasteiger partial charge in [0.1, 0.15) is 23.4 Å². The van der Waals surface area contributed by atoms with E-state index in [9.17, 15) is 4.79 Å². The molecule has 30 heavy (non-hydrogen) atoms. The van der Waals surface area contributed by atoms with Crippen LogP contribution in [-0.2, 0) is 4.74 Å². The summed E-state index contributed by atoms with van der Waals surface area (Å²) in [6, 6.07) is 9.37. The Labute approximate surface area is 179 Å². The summed E-state index contributed by atoms with van der Waals surface area (Å²) in [6.07, 6.45) is 4.22. The lowest BCUT2D eigenvalue weighted by Gasteiger charge is -2.35. The number of benzene rings is 1. The molecule has 0 spiro atoms. The van der Waals surface area contributed by atoms with Crippen molar-refractivity contribution in [3.63, 3.8) is 0 Å². The van der Waals surface area contributed by atoms with Gasteiger partial charge < -0.3 is 10.1 Å². The molecule has 0 bridgehead atoms. The van der Waals surface area contributed by atoms with Crippen LogP contribution < -0.4 is 5.32 Å². The number of amides is 1. The molecule has 0 radical (unpaired) electrons. The highest BCUT2D eigenvalue weighted by atomic mass is 35.5. The minimum Gasteiger partial charge on any atom is -0.444 e.